The van der Waals surface area contributed by atoms with E-state index in [2.05, 4.69) is 14.8 Å². The number of rotatable bonds is 5. The van der Waals surface area contributed by atoms with E-state index in [0.717, 1.165) is 0 Å². The van der Waals surface area contributed by atoms with Gasteiger partial charge in [-0.1, -0.05) is 16.8 Å². The zero-order valence-electron chi connectivity index (χ0n) is 12.4. The summed E-state index contributed by atoms with van der Waals surface area (Å²) in [5, 5.41) is 7.61. The van der Waals surface area contributed by atoms with Crippen molar-refractivity contribution in [2.45, 2.75) is 13.8 Å². The summed E-state index contributed by atoms with van der Waals surface area (Å²) in [7, 11) is 0. The third kappa shape index (κ3) is 3.19. The number of aryl methyl sites for hydroxylation is 2. The summed E-state index contributed by atoms with van der Waals surface area (Å²) >= 11 is 3.47. The van der Waals surface area contributed by atoms with Crippen LogP contribution in [-0.2, 0) is 11.3 Å². The molecule has 0 aliphatic carbocycles. The number of nitrogens with zero attached hydrogens (tertiary/aromatic N) is 3. The average Bonchev–Trinajstić information content (AvgIpc) is 3.06. The number of halogens is 1. The first-order chi connectivity index (χ1) is 11.5. The van der Waals surface area contributed by atoms with Crippen molar-refractivity contribution in [1.29, 1.82) is 0 Å². The van der Waals surface area contributed by atoms with E-state index in [1.807, 2.05) is 0 Å². The van der Waals surface area contributed by atoms with E-state index in [1.54, 1.807) is 38.1 Å². The van der Waals surface area contributed by atoms with Crippen molar-refractivity contribution in [3.63, 3.8) is 0 Å². The van der Waals surface area contributed by atoms with Crippen LogP contribution >= 0.6 is 11.6 Å². The molecule has 24 heavy (non-hydrogen) atoms. The van der Waals surface area contributed by atoms with E-state index in [9.17, 15) is 9.00 Å². The molecule has 9 nitrogen and oxygen atoms in total. The standard InChI is InChI=1S/C13H10ClN3O6S/c1-7-11(8(2)21-15-7)23-24(19)17-12(16-22-13(17)18)20-10-5-3-9(14)4-6-10/h3-6H,1-2H3. The van der Waals surface area contributed by atoms with Gasteiger partial charge in [0.05, 0.1) is 0 Å². The maximum absolute atomic E-state index is 12.3. The predicted molar refractivity (Wildman–Crippen MR) is 82.4 cm³/mol. The van der Waals surface area contributed by atoms with Crippen LogP contribution in [0.25, 0.3) is 0 Å². The molecule has 0 saturated carbocycles. The van der Waals surface area contributed by atoms with Crippen LogP contribution in [0.5, 0.6) is 17.5 Å². The molecule has 0 bridgehead atoms. The van der Waals surface area contributed by atoms with Gasteiger partial charge in [0.2, 0.25) is 5.75 Å². The smallest absolute Gasteiger partial charge is 0.423 e. The third-order valence-electron chi connectivity index (χ3n) is 2.84. The van der Waals surface area contributed by atoms with Crippen LogP contribution in [0, 0.1) is 13.8 Å². The third-order valence-corrected chi connectivity index (χ3v) is 4.00. The molecule has 0 fully saturated rings. The Hall–Kier alpha value is -2.59. The first-order valence-corrected chi connectivity index (χ1v) is 7.92. The van der Waals surface area contributed by atoms with E-state index in [-0.39, 0.29) is 11.8 Å². The minimum atomic E-state index is -2.31. The molecule has 2 aromatic heterocycles. The van der Waals surface area contributed by atoms with Crippen molar-refractivity contribution in [1.82, 2.24) is 14.3 Å². The minimum Gasteiger partial charge on any atom is -0.423 e. The highest BCUT2D eigenvalue weighted by atomic mass is 35.5. The Labute approximate surface area is 142 Å². The van der Waals surface area contributed by atoms with Gasteiger partial charge >= 0.3 is 23.0 Å². The predicted octanol–water partition coefficient (Wildman–Crippen LogP) is 2.39. The first kappa shape index (κ1) is 16.3. The summed E-state index contributed by atoms with van der Waals surface area (Å²) in [6, 6.07) is 5.91. The minimum absolute atomic E-state index is 0.152. The zero-order valence-corrected chi connectivity index (χ0v) is 14.0. The normalized spacial score (nSPS) is 12.1. The van der Waals surface area contributed by atoms with Crippen LogP contribution in [0.4, 0.5) is 0 Å². The number of hydrogen-bond acceptors (Lipinski definition) is 8. The summed E-state index contributed by atoms with van der Waals surface area (Å²) in [6.07, 6.45) is 0. The highest BCUT2D eigenvalue weighted by Gasteiger charge is 2.23. The second kappa shape index (κ2) is 6.49. The lowest BCUT2D eigenvalue weighted by Crippen LogP contribution is -2.22. The maximum Gasteiger partial charge on any atom is 0.459 e. The molecule has 126 valence electrons. The van der Waals surface area contributed by atoms with Crippen molar-refractivity contribution in [2.75, 3.05) is 0 Å². The SMILES string of the molecule is Cc1noc(C)c1OS(=O)n1c(Oc2ccc(Cl)cc2)noc1=O. The van der Waals surface area contributed by atoms with Crippen molar-refractivity contribution >= 4 is 22.9 Å². The summed E-state index contributed by atoms with van der Waals surface area (Å²) in [4.78, 5) is 11.7. The fraction of sp³-hybridized carbons (Fsp3) is 0.154. The van der Waals surface area contributed by atoms with Gasteiger partial charge in [-0.2, -0.15) is 4.21 Å². The molecule has 1 atom stereocenters. The van der Waals surface area contributed by atoms with Gasteiger partial charge in [-0.05, 0) is 36.3 Å². The van der Waals surface area contributed by atoms with Crippen LogP contribution in [0.15, 0.2) is 38.1 Å². The van der Waals surface area contributed by atoms with Crippen LogP contribution in [0.3, 0.4) is 0 Å². The molecule has 0 amide bonds. The molecule has 3 rings (SSSR count). The van der Waals surface area contributed by atoms with Gasteiger partial charge in [0, 0.05) is 11.9 Å². The lowest BCUT2D eigenvalue weighted by molar-refractivity contribution is 0.351. The van der Waals surface area contributed by atoms with Crippen LogP contribution in [0.2, 0.25) is 5.02 Å². The zero-order chi connectivity index (χ0) is 17.3. The number of hydrogen-bond donors (Lipinski definition) is 0. The molecular formula is C13H10ClN3O6S. The second-order valence-electron chi connectivity index (χ2n) is 4.54. The molecule has 0 aliphatic rings. The Kier molecular flexibility index (Phi) is 4.40. The monoisotopic (exact) mass is 371 g/mol. The summed E-state index contributed by atoms with van der Waals surface area (Å²) in [5.41, 5.74) is 0.380. The van der Waals surface area contributed by atoms with E-state index in [0.29, 0.717) is 26.2 Å². The van der Waals surface area contributed by atoms with Gasteiger partial charge in [-0.25, -0.2) is 4.79 Å². The molecule has 0 aliphatic heterocycles. The van der Waals surface area contributed by atoms with E-state index in [1.165, 1.54) is 0 Å². The summed E-state index contributed by atoms with van der Waals surface area (Å²) in [6.45, 7) is 3.18. The van der Waals surface area contributed by atoms with E-state index < -0.39 is 17.0 Å². The quantitative estimate of drug-likeness (QED) is 0.672. The number of benzene rings is 1. The molecule has 0 radical (unpaired) electrons. The molecule has 3 aromatic rings. The summed E-state index contributed by atoms with van der Waals surface area (Å²) in [5.74, 6) is -0.232. The molecule has 1 aromatic carbocycles. The Bertz CT molecular complexity index is 926. The largest absolute Gasteiger partial charge is 0.459 e. The van der Waals surface area contributed by atoms with Gasteiger partial charge in [0.25, 0.3) is 0 Å². The summed E-state index contributed by atoms with van der Waals surface area (Å²) < 4.78 is 32.9. The van der Waals surface area contributed by atoms with Crippen molar-refractivity contribution in [3.05, 3.63) is 51.3 Å². The number of ether oxygens (including phenoxy) is 1. The molecule has 2 heterocycles. The van der Waals surface area contributed by atoms with E-state index in [4.69, 9.17) is 25.0 Å². The fourth-order valence-electron chi connectivity index (χ4n) is 1.73. The topological polar surface area (TPSA) is 110 Å². The lowest BCUT2D eigenvalue weighted by Gasteiger charge is -2.06. The van der Waals surface area contributed by atoms with Gasteiger partial charge in [0.1, 0.15) is 11.4 Å². The molecule has 0 N–H and O–H groups in total. The Balaban J connectivity index is 1.88. The van der Waals surface area contributed by atoms with Gasteiger partial charge < -0.3 is 13.4 Å². The van der Waals surface area contributed by atoms with Gasteiger partial charge in [0.15, 0.2) is 5.76 Å². The van der Waals surface area contributed by atoms with Gasteiger partial charge in [-0.15, -0.1) is 3.97 Å². The second-order valence-corrected chi connectivity index (χ2v) is 5.94. The van der Waals surface area contributed by atoms with Crippen LogP contribution in [-0.4, -0.2) is 18.5 Å². The highest BCUT2D eigenvalue weighted by molar-refractivity contribution is 7.79. The molecule has 1 unspecified atom stereocenters. The Morgan fingerprint density at radius 3 is 2.50 bits per heavy atom. The Morgan fingerprint density at radius 2 is 1.88 bits per heavy atom. The Morgan fingerprint density at radius 1 is 1.17 bits per heavy atom. The fourth-order valence-corrected chi connectivity index (χ4v) is 2.66. The first-order valence-electron chi connectivity index (χ1n) is 6.51. The molecule has 11 heteroatoms. The molecule has 0 saturated heterocycles. The van der Waals surface area contributed by atoms with Crippen LogP contribution < -0.4 is 14.7 Å². The van der Waals surface area contributed by atoms with Crippen molar-refractivity contribution in [3.8, 4) is 17.5 Å². The number of aromatic nitrogens is 3. The molecule has 0 spiro atoms. The van der Waals surface area contributed by atoms with Crippen molar-refractivity contribution < 1.29 is 22.2 Å². The highest BCUT2D eigenvalue weighted by Crippen LogP contribution is 2.25. The average molecular weight is 372 g/mol. The van der Waals surface area contributed by atoms with Crippen LogP contribution in [0.1, 0.15) is 11.5 Å². The lowest BCUT2D eigenvalue weighted by atomic mass is 10.3. The molecular weight excluding hydrogens is 362 g/mol. The van der Waals surface area contributed by atoms with Crippen molar-refractivity contribution in [2.24, 2.45) is 0 Å². The van der Waals surface area contributed by atoms with Gasteiger partial charge in [-0.3, -0.25) is 4.52 Å². The van der Waals surface area contributed by atoms with E-state index >= 15 is 0 Å². The maximum atomic E-state index is 12.3.